The number of aromatic nitrogens is 4. The fourth-order valence-electron chi connectivity index (χ4n) is 2.94. The van der Waals surface area contributed by atoms with Crippen molar-refractivity contribution in [2.24, 2.45) is 7.05 Å². The topological polar surface area (TPSA) is 93.1 Å². The van der Waals surface area contributed by atoms with Crippen LogP contribution in [0.5, 0.6) is 0 Å². The Balaban J connectivity index is 1.77. The molecule has 118 valence electrons. The van der Waals surface area contributed by atoms with Gasteiger partial charge in [-0.2, -0.15) is 5.10 Å². The minimum atomic E-state index is -0.558. The lowest BCUT2D eigenvalue weighted by Crippen LogP contribution is -2.31. The van der Waals surface area contributed by atoms with Crippen molar-refractivity contribution in [1.29, 1.82) is 0 Å². The number of halogens is 1. The number of anilines is 2. The van der Waals surface area contributed by atoms with Crippen molar-refractivity contribution in [2.45, 2.75) is 31.4 Å². The zero-order valence-electron chi connectivity index (χ0n) is 12.4. The van der Waals surface area contributed by atoms with Gasteiger partial charge in [0.15, 0.2) is 5.82 Å². The third-order valence-electron chi connectivity index (χ3n) is 4.05. The number of hydrogen-bond acceptors (Lipinski definition) is 6. The van der Waals surface area contributed by atoms with E-state index in [0.717, 1.165) is 24.9 Å². The molecule has 3 heterocycles. The standard InChI is InChI=1S/C14H19ClN6O/c1-20-7-9(6-19-20)11(22)5-10-3-2-4-21(10)14-12(15)13(16)17-8-18-14/h6-8,10-11,22H,2-5H2,1H3,(H2,16,17,18). The van der Waals surface area contributed by atoms with Crippen LogP contribution in [0.25, 0.3) is 0 Å². The molecule has 0 spiro atoms. The number of rotatable bonds is 4. The lowest BCUT2D eigenvalue weighted by Gasteiger charge is -2.28. The molecule has 0 amide bonds. The molecule has 1 aliphatic heterocycles. The van der Waals surface area contributed by atoms with Crippen LogP contribution >= 0.6 is 11.6 Å². The summed E-state index contributed by atoms with van der Waals surface area (Å²) in [6.45, 7) is 0.848. The first kappa shape index (κ1) is 15.1. The highest BCUT2D eigenvalue weighted by Crippen LogP contribution is 2.35. The fourth-order valence-corrected chi connectivity index (χ4v) is 3.15. The van der Waals surface area contributed by atoms with Crippen molar-refractivity contribution in [2.75, 3.05) is 17.2 Å². The Hall–Kier alpha value is -1.86. The molecule has 0 aromatic carbocycles. The number of nitrogens with two attached hydrogens (primary N) is 1. The van der Waals surface area contributed by atoms with E-state index in [1.807, 2.05) is 13.2 Å². The fraction of sp³-hybridized carbons (Fsp3) is 0.500. The molecule has 3 N–H and O–H groups in total. The van der Waals surface area contributed by atoms with E-state index in [-0.39, 0.29) is 11.9 Å². The van der Waals surface area contributed by atoms with E-state index in [2.05, 4.69) is 20.0 Å². The predicted octanol–water partition coefficient (Wildman–Crippen LogP) is 1.54. The van der Waals surface area contributed by atoms with Crippen LogP contribution in [0.15, 0.2) is 18.7 Å². The molecule has 22 heavy (non-hydrogen) atoms. The van der Waals surface area contributed by atoms with Gasteiger partial charge in [0.1, 0.15) is 17.2 Å². The van der Waals surface area contributed by atoms with Crippen molar-refractivity contribution >= 4 is 23.2 Å². The molecule has 2 aromatic heterocycles. The van der Waals surface area contributed by atoms with E-state index < -0.39 is 6.10 Å². The summed E-state index contributed by atoms with van der Waals surface area (Å²) in [5.74, 6) is 0.931. The summed E-state index contributed by atoms with van der Waals surface area (Å²) >= 11 is 6.23. The lowest BCUT2D eigenvalue weighted by atomic mass is 10.0. The van der Waals surface area contributed by atoms with Crippen molar-refractivity contribution in [3.63, 3.8) is 0 Å². The number of aliphatic hydroxyl groups excluding tert-OH is 1. The highest BCUT2D eigenvalue weighted by atomic mass is 35.5. The smallest absolute Gasteiger partial charge is 0.153 e. The maximum atomic E-state index is 10.4. The van der Waals surface area contributed by atoms with Crippen LogP contribution in [0.2, 0.25) is 5.02 Å². The Bertz CT molecular complexity index is 661. The van der Waals surface area contributed by atoms with E-state index in [1.54, 1.807) is 10.9 Å². The highest BCUT2D eigenvalue weighted by Gasteiger charge is 2.30. The third-order valence-corrected chi connectivity index (χ3v) is 4.41. The SMILES string of the molecule is Cn1cc(C(O)CC2CCCN2c2ncnc(N)c2Cl)cn1. The first-order valence-corrected chi connectivity index (χ1v) is 7.63. The quantitative estimate of drug-likeness (QED) is 0.887. The monoisotopic (exact) mass is 322 g/mol. The summed E-state index contributed by atoms with van der Waals surface area (Å²) in [5, 5.41) is 14.9. The van der Waals surface area contributed by atoms with Crippen LogP contribution in [-0.4, -0.2) is 37.4 Å². The molecule has 0 radical (unpaired) electrons. The van der Waals surface area contributed by atoms with Crippen LogP contribution in [0, 0.1) is 0 Å². The van der Waals surface area contributed by atoms with Gasteiger partial charge in [-0.1, -0.05) is 11.6 Å². The minimum absolute atomic E-state index is 0.169. The van der Waals surface area contributed by atoms with Gasteiger partial charge in [-0.3, -0.25) is 4.68 Å². The number of nitrogens with zero attached hydrogens (tertiary/aromatic N) is 5. The normalized spacial score (nSPS) is 19.6. The second kappa shape index (κ2) is 6.10. The van der Waals surface area contributed by atoms with Crippen LogP contribution in [-0.2, 0) is 7.05 Å². The molecule has 0 aliphatic carbocycles. The molecule has 1 saturated heterocycles. The first-order chi connectivity index (χ1) is 10.6. The van der Waals surface area contributed by atoms with Gasteiger partial charge >= 0.3 is 0 Å². The summed E-state index contributed by atoms with van der Waals surface area (Å²) in [6.07, 6.45) is 7.01. The maximum Gasteiger partial charge on any atom is 0.153 e. The average molecular weight is 323 g/mol. The van der Waals surface area contributed by atoms with Gasteiger partial charge in [-0.25, -0.2) is 9.97 Å². The molecule has 3 rings (SSSR count). The molecule has 2 atom stereocenters. The summed E-state index contributed by atoms with van der Waals surface area (Å²) in [7, 11) is 1.83. The van der Waals surface area contributed by atoms with E-state index in [1.165, 1.54) is 6.33 Å². The summed E-state index contributed by atoms with van der Waals surface area (Å²) in [4.78, 5) is 10.3. The zero-order chi connectivity index (χ0) is 15.7. The molecule has 0 bridgehead atoms. The van der Waals surface area contributed by atoms with Crippen molar-refractivity contribution < 1.29 is 5.11 Å². The van der Waals surface area contributed by atoms with E-state index in [9.17, 15) is 5.11 Å². The van der Waals surface area contributed by atoms with Gasteiger partial charge < -0.3 is 15.7 Å². The highest BCUT2D eigenvalue weighted by molar-refractivity contribution is 6.35. The van der Waals surface area contributed by atoms with Crippen LogP contribution in [0.4, 0.5) is 11.6 Å². The van der Waals surface area contributed by atoms with Gasteiger partial charge in [0, 0.05) is 31.4 Å². The summed E-state index contributed by atoms with van der Waals surface area (Å²) in [6, 6.07) is 0.169. The molecule has 8 heteroatoms. The predicted molar refractivity (Wildman–Crippen MR) is 84.6 cm³/mol. The third kappa shape index (κ3) is 2.86. The second-order valence-corrected chi connectivity index (χ2v) is 5.96. The largest absolute Gasteiger partial charge is 0.388 e. The number of aryl methyl sites for hydroxylation is 1. The first-order valence-electron chi connectivity index (χ1n) is 7.25. The Labute approximate surface area is 133 Å². The van der Waals surface area contributed by atoms with Crippen molar-refractivity contribution in [1.82, 2.24) is 19.7 Å². The molecule has 1 fully saturated rings. The summed E-state index contributed by atoms with van der Waals surface area (Å²) in [5.41, 5.74) is 6.58. The Morgan fingerprint density at radius 2 is 2.32 bits per heavy atom. The molecular formula is C14H19ClN6O. The average Bonchev–Trinajstić information content (AvgIpc) is 3.11. The van der Waals surface area contributed by atoms with Gasteiger partial charge in [0.2, 0.25) is 0 Å². The summed E-state index contributed by atoms with van der Waals surface area (Å²) < 4.78 is 1.69. The molecule has 2 aromatic rings. The molecule has 7 nitrogen and oxygen atoms in total. The van der Waals surface area contributed by atoms with E-state index >= 15 is 0 Å². The van der Waals surface area contributed by atoms with Crippen LogP contribution < -0.4 is 10.6 Å². The maximum absolute atomic E-state index is 10.4. The number of hydrogen-bond donors (Lipinski definition) is 2. The van der Waals surface area contributed by atoms with Gasteiger partial charge in [-0.15, -0.1) is 0 Å². The van der Waals surface area contributed by atoms with Gasteiger partial charge in [-0.05, 0) is 19.3 Å². The Morgan fingerprint density at radius 1 is 1.50 bits per heavy atom. The Morgan fingerprint density at radius 3 is 3.05 bits per heavy atom. The molecular weight excluding hydrogens is 304 g/mol. The van der Waals surface area contributed by atoms with Gasteiger partial charge in [0.05, 0.1) is 12.3 Å². The number of aliphatic hydroxyl groups is 1. The van der Waals surface area contributed by atoms with E-state index in [0.29, 0.717) is 17.3 Å². The number of nitrogen functional groups attached to an aromatic ring is 1. The van der Waals surface area contributed by atoms with Crippen LogP contribution in [0.3, 0.4) is 0 Å². The molecule has 0 saturated carbocycles. The van der Waals surface area contributed by atoms with Crippen LogP contribution in [0.1, 0.15) is 30.9 Å². The van der Waals surface area contributed by atoms with Crippen molar-refractivity contribution in [3.8, 4) is 0 Å². The lowest BCUT2D eigenvalue weighted by molar-refractivity contribution is 0.158. The van der Waals surface area contributed by atoms with E-state index in [4.69, 9.17) is 17.3 Å². The minimum Gasteiger partial charge on any atom is -0.388 e. The molecule has 1 aliphatic rings. The zero-order valence-corrected chi connectivity index (χ0v) is 13.1. The second-order valence-electron chi connectivity index (χ2n) is 5.58. The molecule has 2 unspecified atom stereocenters. The Kier molecular flexibility index (Phi) is 4.17. The van der Waals surface area contributed by atoms with Crippen molar-refractivity contribution in [3.05, 3.63) is 29.3 Å². The van der Waals surface area contributed by atoms with Gasteiger partial charge in [0.25, 0.3) is 0 Å².